The van der Waals surface area contributed by atoms with Crippen LogP contribution in [0.25, 0.3) is 82.2 Å². The van der Waals surface area contributed by atoms with Crippen molar-refractivity contribution in [2.45, 2.75) is 6.92 Å². The highest BCUT2D eigenvalue weighted by atomic mass is 16.3. The van der Waals surface area contributed by atoms with Crippen LogP contribution >= 0.6 is 0 Å². The molecule has 6 aromatic carbocycles. The lowest BCUT2D eigenvalue weighted by atomic mass is 9.88. The first-order chi connectivity index (χ1) is 20.2. The summed E-state index contributed by atoms with van der Waals surface area (Å²) in [6, 6.07) is 39.2. The molecule has 2 aromatic heterocycles. The Kier molecular flexibility index (Phi) is 5.23. The van der Waals surface area contributed by atoms with Gasteiger partial charge in [0.1, 0.15) is 11.2 Å². The second-order valence-corrected chi connectivity index (χ2v) is 10.7. The summed E-state index contributed by atoms with van der Waals surface area (Å²) in [5, 5.41) is 9.57. The van der Waals surface area contributed by atoms with E-state index in [0.717, 1.165) is 49.7 Å². The van der Waals surface area contributed by atoms with Crippen LogP contribution in [0, 0.1) is 0 Å². The number of aromatic nitrogens is 1. The molecule has 0 amide bonds. The Labute approximate surface area is 237 Å². The summed E-state index contributed by atoms with van der Waals surface area (Å²) < 4.78 is 6.77. The third kappa shape index (κ3) is 3.58. The van der Waals surface area contributed by atoms with Gasteiger partial charge < -0.3 is 9.40 Å². The van der Waals surface area contributed by atoms with Crippen LogP contribution < -0.4 is 0 Å². The smallest absolute Gasteiger partial charge is 0.144 e. The van der Waals surface area contributed by atoms with Crippen molar-refractivity contribution in [3.63, 3.8) is 0 Å². The van der Waals surface area contributed by atoms with E-state index in [1.54, 1.807) is 0 Å². The fraction of sp³-hybridized carbons (Fsp3) is 0.0256. The Morgan fingerprint density at radius 2 is 1.32 bits per heavy atom. The summed E-state index contributed by atoms with van der Waals surface area (Å²) in [5.41, 5.74) is 8.71. The minimum atomic E-state index is 0.900. The van der Waals surface area contributed by atoms with Gasteiger partial charge >= 0.3 is 0 Å². The maximum atomic E-state index is 6.77. The lowest BCUT2D eigenvalue weighted by Crippen LogP contribution is -1.90. The van der Waals surface area contributed by atoms with Crippen molar-refractivity contribution in [1.29, 1.82) is 0 Å². The number of hydrogen-bond acceptors (Lipinski definition) is 1. The van der Waals surface area contributed by atoms with E-state index in [1.165, 1.54) is 38.1 Å². The highest BCUT2D eigenvalue weighted by molar-refractivity contribution is 6.34. The van der Waals surface area contributed by atoms with Gasteiger partial charge in [-0.25, -0.2) is 0 Å². The van der Waals surface area contributed by atoms with Crippen LogP contribution in [0.1, 0.15) is 12.5 Å². The van der Waals surface area contributed by atoms with Crippen LogP contribution in [0.4, 0.5) is 0 Å². The molecule has 2 nitrogen and oxygen atoms in total. The van der Waals surface area contributed by atoms with Gasteiger partial charge in [-0.15, -0.1) is 0 Å². The molecule has 1 N–H and O–H groups in total. The molecular weight excluding hydrogens is 498 g/mol. The van der Waals surface area contributed by atoms with Gasteiger partial charge in [0.05, 0.1) is 0 Å². The molecule has 0 saturated carbocycles. The molecule has 194 valence electrons. The first-order valence-electron chi connectivity index (χ1n) is 14.0. The monoisotopic (exact) mass is 525 g/mol. The fourth-order valence-corrected chi connectivity index (χ4v) is 6.45. The van der Waals surface area contributed by atoms with Gasteiger partial charge in [0, 0.05) is 28.0 Å². The fourth-order valence-electron chi connectivity index (χ4n) is 6.45. The van der Waals surface area contributed by atoms with E-state index in [4.69, 9.17) is 4.42 Å². The molecule has 0 atom stereocenters. The van der Waals surface area contributed by atoms with E-state index in [1.807, 2.05) is 24.4 Å². The van der Waals surface area contributed by atoms with Crippen molar-refractivity contribution < 1.29 is 4.42 Å². The summed E-state index contributed by atoms with van der Waals surface area (Å²) in [4.78, 5) is 3.41. The van der Waals surface area contributed by atoms with Gasteiger partial charge in [-0.2, -0.15) is 0 Å². The third-order valence-corrected chi connectivity index (χ3v) is 8.33. The average molecular weight is 526 g/mol. The van der Waals surface area contributed by atoms with Gasteiger partial charge in [0.15, 0.2) is 0 Å². The van der Waals surface area contributed by atoms with Crippen molar-refractivity contribution in [3.8, 4) is 22.4 Å². The van der Waals surface area contributed by atoms with Crippen molar-refractivity contribution in [2.24, 2.45) is 0 Å². The largest absolute Gasteiger partial charge is 0.455 e. The van der Waals surface area contributed by atoms with Crippen LogP contribution in [-0.4, -0.2) is 4.98 Å². The van der Waals surface area contributed by atoms with E-state index >= 15 is 0 Å². The second-order valence-electron chi connectivity index (χ2n) is 10.7. The maximum Gasteiger partial charge on any atom is 0.144 e. The lowest BCUT2D eigenvalue weighted by Gasteiger charge is -2.15. The van der Waals surface area contributed by atoms with Gasteiger partial charge in [-0.05, 0) is 104 Å². The van der Waals surface area contributed by atoms with Gasteiger partial charge in [0.25, 0.3) is 0 Å². The molecule has 2 heteroatoms. The molecule has 0 fully saturated rings. The lowest BCUT2D eigenvalue weighted by molar-refractivity contribution is 0.673. The SMILES string of the molecule is C=C/C=C(\C)c1cc(-c2ccc[nH]2)cc(-c2cc3c4ccccc4c4ccccc4c3c3oc4ccccc4c23)c1. The second kappa shape index (κ2) is 9.11. The summed E-state index contributed by atoms with van der Waals surface area (Å²) in [6.45, 7) is 6.08. The Morgan fingerprint density at radius 3 is 2.05 bits per heavy atom. The van der Waals surface area contributed by atoms with Crippen molar-refractivity contribution >= 4 is 59.8 Å². The minimum Gasteiger partial charge on any atom is -0.455 e. The normalized spacial score (nSPS) is 12.3. The minimum absolute atomic E-state index is 0.900. The molecule has 0 radical (unpaired) electrons. The van der Waals surface area contributed by atoms with Crippen LogP contribution in [0.2, 0.25) is 0 Å². The molecule has 0 aliphatic heterocycles. The summed E-state index contributed by atoms with van der Waals surface area (Å²) >= 11 is 0. The zero-order valence-corrected chi connectivity index (χ0v) is 22.7. The molecule has 0 spiro atoms. The van der Waals surface area contributed by atoms with Crippen LogP contribution in [-0.2, 0) is 0 Å². The predicted octanol–water partition coefficient (Wildman–Crippen LogP) is 11.3. The van der Waals surface area contributed by atoms with Crippen molar-refractivity contribution in [1.82, 2.24) is 4.98 Å². The Hall–Kier alpha value is -5.34. The average Bonchev–Trinajstić information content (AvgIpc) is 3.70. The Morgan fingerprint density at radius 1 is 0.659 bits per heavy atom. The van der Waals surface area contributed by atoms with Gasteiger partial charge in [-0.3, -0.25) is 0 Å². The summed E-state index contributed by atoms with van der Waals surface area (Å²) in [7, 11) is 0. The Balaban J connectivity index is 1.59. The number of furan rings is 1. The van der Waals surface area contributed by atoms with Crippen LogP contribution in [0.5, 0.6) is 0 Å². The highest BCUT2D eigenvalue weighted by Crippen LogP contribution is 2.46. The summed E-state index contributed by atoms with van der Waals surface area (Å²) in [5.74, 6) is 0. The maximum absolute atomic E-state index is 6.77. The van der Waals surface area contributed by atoms with E-state index in [2.05, 4.69) is 122 Å². The van der Waals surface area contributed by atoms with Crippen LogP contribution in [0.3, 0.4) is 0 Å². The summed E-state index contributed by atoms with van der Waals surface area (Å²) in [6.07, 6.45) is 5.90. The molecule has 0 unspecified atom stereocenters. The topological polar surface area (TPSA) is 28.9 Å². The molecule has 0 aliphatic carbocycles. The zero-order valence-electron chi connectivity index (χ0n) is 22.7. The van der Waals surface area contributed by atoms with E-state index in [-0.39, 0.29) is 0 Å². The molecule has 2 heterocycles. The quantitative estimate of drug-likeness (QED) is 0.180. The number of hydrogen-bond donors (Lipinski definition) is 1. The predicted molar refractivity (Wildman–Crippen MR) is 175 cm³/mol. The highest BCUT2D eigenvalue weighted by Gasteiger charge is 2.21. The molecule has 8 aromatic rings. The van der Waals surface area contributed by atoms with E-state index < -0.39 is 0 Å². The van der Waals surface area contributed by atoms with E-state index in [9.17, 15) is 0 Å². The molecule has 8 rings (SSSR count). The zero-order chi connectivity index (χ0) is 27.5. The standard InChI is InChI=1S/C39H27NO/c1-3-11-24(2)25-20-26(22-27(21-25)35-17-10-19-40-35)33-23-34-30-14-5-4-12-28(30)29-13-6-7-15-31(29)37(34)39-38(33)32-16-8-9-18-36(32)41-39/h3-23,40H,1H2,2H3/b24-11+. The molecule has 0 aliphatic rings. The third-order valence-electron chi connectivity index (χ3n) is 8.33. The van der Waals surface area contributed by atoms with Gasteiger partial charge in [-0.1, -0.05) is 85.5 Å². The first-order valence-corrected chi connectivity index (χ1v) is 14.0. The molecule has 41 heavy (non-hydrogen) atoms. The number of benzene rings is 6. The number of para-hydroxylation sites is 1. The first kappa shape index (κ1) is 23.5. The number of H-pyrrole nitrogens is 1. The van der Waals surface area contributed by atoms with E-state index in [0.29, 0.717) is 0 Å². The number of aromatic amines is 1. The molecular formula is C39H27NO. The number of rotatable bonds is 4. The van der Waals surface area contributed by atoms with Crippen LogP contribution in [0.15, 0.2) is 139 Å². The van der Waals surface area contributed by atoms with Crippen molar-refractivity contribution in [3.05, 3.63) is 140 Å². The number of allylic oxidation sites excluding steroid dienone is 3. The molecule has 0 bridgehead atoms. The van der Waals surface area contributed by atoms with Crippen molar-refractivity contribution in [2.75, 3.05) is 0 Å². The number of nitrogens with one attached hydrogen (secondary N) is 1. The Bertz CT molecular complexity index is 2330. The number of fused-ring (bicyclic) bond motifs is 10. The van der Waals surface area contributed by atoms with Gasteiger partial charge in [0.2, 0.25) is 0 Å². The molecule has 0 saturated heterocycles.